The molecule has 1 saturated heterocycles. The third-order valence-electron chi connectivity index (χ3n) is 3.65. The van der Waals surface area contributed by atoms with E-state index in [-0.39, 0.29) is 11.4 Å². The predicted molar refractivity (Wildman–Crippen MR) is 80.0 cm³/mol. The summed E-state index contributed by atoms with van der Waals surface area (Å²) < 4.78 is 7.33. The SMILES string of the molecule is CN(C)c1nc(=S)[nH]c2c1ncn2C1OC(CO)C(O)C1O. The maximum Gasteiger partial charge on any atom is 0.200 e. The first-order valence-electron chi connectivity index (χ1n) is 6.70. The zero-order chi connectivity index (χ0) is 16.0. The van der Waals surface area contributed by atoms with Gasteiger partial charge in [-0.05, 0) is 12.2 Å². The summed E-state index contributed by atoms with van der Waals surface area (Å²) in [6.45, 7) is -0.387. The van der Waals surface area contributed by atoms with Crippen molar-refractivity contribution < 1.29 is 20.1 Å². The van der Waals surface area contributed by atoms with Gasteiger partial charge in [0.05, 0.1) is 12.9 Å². The van der Waals surface area contributed by atoms with Gasteiger partial charge in [-0.15, -0.1) is 0 Å². The molecule has 10 heteroatoms. The highest BCUT2D eigenvalue weighted by Crippen LogP contribution is 2.32. The van der Waals surface area contributed by atoms with Gasteiger partial charge >= 0.3 is 0 Å². The molecule has 1 aliphatic heterocycles. The van der Waals surface area contributed by atoms with Crippen molar-refractivity contribution in [1.82, 2.24) is 19.5 Å². The third kappa shape index (κ3) is 2.29. The first-order valence-corrected chi connectivity index (χ1v) is 7.11. The van der Waals surface area contributed by atoms with Crippen LogP contribution in [0.15, 0.2) is 6.33 Å². The Morgan fingerprint density at radius 1 is 1.41 bits per heavy atom. The topological polar surface area (TPSA) is 120 Å². The van der Waals surface area contributed by atoms with E-state index >= 15 is 0 Å². The molecule has 0 bridgehead atoms. The molecule has 0 saturated carbocycles. The maximum absolute atomic E-state index is 10.1. The Morgan fingerprint density at radius 2 is 2.14 bits per heavy atom. The summed E-state index contributed by atoms with van der Waals surface area (Å²) >= 11 is 5.12. The number of ether oxygens (including phenoxy) is 1. The molecule has 0 spiro atoms. The number of anilines is 1. The average Bonchev–Trinajstić information content (AvgIpc) is 3.00. The normalized spacial score (nSPS) is 28.4. The Labute approximate surface area is 130 Å². The summed E-state index contributed by atoms with van der Waals surface area (Å²) in [5.74, 6) is 0.587. The van der Waals surface area contributed by atoms with Crippen LogP contribution in [0.25, 0.3) is 11.2 Å². The number of rotatable bonds is 3. The van der Waals surface area contributed by atoms with Crippen LogP contribution in [0.3, 0.4) is 0 Å². The number of aromatic amines is 1. The molecule has 0 amide bonds. The van der Waals surface area contributed by atoms with Crippen LogP contribution < -0.4 is 4.90 Å². The summed E-state index contributed by atoms with van der Waals surface area (Å²) in [5.41, 5.74) is 1.09. The number of fused-ring (bicyclic) bond motifs is 1. The number of hydrogen-bond acceptors (Lipinski definition) is 8. The van der Waals surface area contributed by atoms with Crippen molar-refractivity contribution in [1.29, 1.82) is 0 Å². The molecule has 4 unspecified atom stereocenters. The fourth-order valence-electron chi connectivity index (χ4n) is 2.54. The highest BCUT2D eigenvalue weighted by molar-refractivity contribution is 7.71. The van der Waals surface area contributed by atoms with Crippen LogP contribution in [-0.4, -0.2) is 73.9 Å². The monoisotopic (exact) mass is 327 g/mol. The van der Waals surface area contributed by atoms with Gasteiger partial charge in [-0.3, -0.25) is 4.57 Å². The lowest BCUT2D eigenvalue weighted by Crippen LogP contribution is -2.33. The number of aliphatic hydroxyl groups is 3. The molecule has 0 radical (unpaired) electrons. The third-order valence-corrected chi connectivity index (χ3v) is 3.85. The van der Waals surface area contributed by atoms with Gasteiger partial charge in [0.25, 0.3) is 0 Å². The highest BCUT2D eigenvalue weighted by atomic mass is 32.1. The lowest BCUT2D eigenvalue weighted by atomic mass is 10.1. The van der Waals surface area contributed by atoms with Crippen LogP contribution in [0.4, 0.5) is 5.82 Å². The van der Waals surface area contributed by atoms with Crippen molar-refractivity contribution in [3.8, 4) is 0 Å². The van der Waals surface area contributed by atoms with Crippen LogP contribution >= 0.6 is 12.2 Å². The maximum atomic E-state index is 10.1. The minimum absolute atomic E-state index is 0.268. The number of nitrogens with zero attached hydrogens (tertiary/aromatic N) is 4. The van der Waals surface area contributed by atoms with E-state index in [1.54, 1.807) is 9.47 Å². The molecular weight excluding hydrogens is 310 g/mol. The molecule has 3 heterocycles. The van der Waals surface area contributed by atoms with E-state index in [9.17, 15) is 15.3 Å². The number of H-pyrrole nitrogens is 1. The van der Waals surface area contributed by atoms with Gasteiger partial charge in [-0.1, -0.05) is 0 Å². The molecule has 1 aliphatic rings. The lowest BCUT2D eigenvalue weighted by Gasteiger charge is -2.17. The zero-order valence-electron chi connectivity index (χ0n) is 12.0. The fourth-order valence-corrected chi connectivity index (χ4v) is 2.72. The summed E-state index contributed by atoms with van der Waals surface area (Å²) in [7, 11) is 3.64. The standard InChI is InChI=1S/C12H17N5O4S/c1-16(2)9-6-10(15-12(22)14-9)17(4-13-6)11-8(20)7(19)5(3-18)21-11/h4-5,7-8,11,18-20H,3H2,1-2H3,(H,14,15,22). The number of aliphatic hydroxyl groups excluding tert-OH is 3. The second-order valence-electron chi connectivity index (χ2n) is 5.34. The van der Waals surface area contributed by atoms with Crippen LogP contribution in [-0.2, 0) is 4.74 Å². The minimum Gasteiger partial charge on any atom is -0.394 e. The smallest absolute Gasteiger partial charge is 0.200 e. The van der Waals surface area contributed by atoms with E-state index in [0.29, 0.717) is 17.0 Å². The van der Waals surface area contributed by atoms with E-state index in [1.165, 1.54) is 6.33 Å². The molecule has 2 aromatic rings. The molecular formula is C12H17N5O4S. The second-order valence-corrected chi connectivity index (χ2v) is 5.72. The summed E-state index contributed by atoms with van der Waals surface area (Å²) in [6.07, 6.45) is -2.61. The van der Waals surface area contributed by atoms with Crippen molar-refractivity contribution in [2.24, 2.45) is 0 Å². The van der Waals surface area contributed by atoms with Crippen molar-refractivity contribution >= 4 is 29.2 Å². The van der Waals surface area contributed by atoms with E-state index < -0.39 is 24.5 Å². The average molecular weight is 327 g/mol. The fraction of sp³-hybridized carbons (Fsp3) is 0.583. The Bertz CT molecular complexity index is 745. The molecule has 4 atom stereocenters. The molecule has 2 aromatic heterocycles. The van der Waals surface area contributed by atoms with E-state index in [1.807, 2.05) is 14.1 Å². The Balaban J connectivity index is 2.11. The summed E-state index contributed by atoms with van der Waals surface area (Å²) in [4.78, 5) is 13.2. The number of imidazole rings is 1. The Kier molecular flexibility index (Phi) is 3.87. The first-order chi connectivity index (χ1) is 10.4. The molecule has 0 aromatic carbocycles. The van der Waals surface area contributed by atoms with E-state index in [4.69, 9.17) is 17.0 Å². The van der Waals surface area contributed by atoms with Crippen LogP contribution in [0.2, 0.25) is 0 Å². The molecule has 1 fully saturated rings. The Morgan fingerprint density at radius 3 is 2.73 bits per heavy atom. The molecule has 4 N–H and O–H groups in total. The van der Waals surface area contributed by atoms with Crippen molar-refractivity contribution in [3.05, 3.63) is 11.1 Å². The Hall–Kier alpha value is -1.59. The molecule has 120 valence electrons. The first kappa shape index (κ1) is 15.3. The minimum atomic E-state index is -1.19. The quantitative estimate of drug-likeness (QED) is 0.539. The van der Waals surface area contributed by atoms with E-state index in [2.05, 4.69) is 15.0 Å². The molecule has 0 aliphatic carbocycles. The molecule has 9 nitrogen and oxygen atoms in total. The van der Waals surface area contributed by atoms with E-state index in [0.717, 1.165) is 0 Å². The van der Waals surface area contributed by atoms with Gasteiger partial charge in [0.15, 0.2) is 16.8 Å². The van der Waals surface area contributed by atoms with Gasteiger partial charge in [0.2, 0.25) is 0 Å². The number of nitrogens with one attached hydrogen (secondary N) is 1. The van der Waals surface area contributed by atoms with Crippen molar-refractivity contribution in [3.63, 3.8) is 0 Å². The lowest BCUT2D eigenvalue weighted by molar-refractivity contribution is -0.0511. The molecule has 22 heavy (non-hydrogen) atoms. The van der Waals surface area contributed by atoms with Crippen LogP contribution in [0.1, 0.15) is 6.23 Å². The number of hydrogen-bond donors (Lipinski definition) is 4. The molecule has 3 rings (SSSR count). The van der Waals surface area contributed by atoms with Gasteiger partial charge in [-0.2, -0.15) is 0 Å². The largest absolute Gasteiger partial charge is 0.394 e. The van der Waals surface area contributed by atoms with Gasteiger partial charge in [-0.25, -0.2) is 9.97 Å². The van der Waals surface area contributed by atoms with Gasteiger partial charge in [0, 0.05) is 14.1 Å². The predicted octanol–water partition coefficient (Wildman–Crippen LogP) is -0.834. The van der Waals surface area contributed by atoms with Crippen LogP contribution in [0, 0.1) is 4.77 Å². The highest BCUT2D eigenvalue weighted by Gasteiger charge is 2.43. The van der Waals surface area contributed by atoms with Gasteiger partial charge in [0.1, 0.15) is 29.5 Å². The summed E-state index contributed by atoms with van der Waals surface area (Å²) in [5, 5.41) is 29.2. The van der Waals surface area contributed by atoms with Gasteiger partial charge < -0.3 is 29.9 Å². The van der Waals surface area contributed by atoms with Crippen molar-refractivity contribution in [2.75, 3.05) is 25.6 Å². The van der Waals surface area contributed by atoms with Crippen molar-refractivity contribution in [2.45, 2.75) is 24.5 Å². The number of aromatic nitrogens is 4. The summed E-state index contributed by atoms with van der Waals surface area (Å²) in [6, 6.07) is 0. The second kappa shape index (κ2) is 5.56. The zero-order valence-corrected chi connectivity index (χ0v) is 12.9. The van der Waals surface area contributed by atoms with Crippen LogP contribution in [0.5, 0.6) is 0 Å².